The van der Waals surface area contributed by atoms with E-state index in [1.54, 1.807) is 53.4 Å². The number of fused-ring (bicyclic) bond motifs is 3. The van der Waals surface area contributed by atoms with Crippen molar-refractivity contribution in [2.45, 2.75) is 160 Å². The standard InChI is InChI=1S/C66H88N8O23/c1-36-45(69-37(2)71-60(80)96-65(5,6)7)29-47(58(78)85-11)92-54(36)55(49-32-90-63(83)94-49)87-34-51(76)67-25-17-19-27-74(62(82)89-31-44-42-23-15-13-21-40(42)41-22-14-16-24-43(41)44)28-20-18-26-68-52(77)35-88-56(50-33-91-64(84)95-50)57-53(73-39(4)75)46(30-48(93-57)59(79)86-12)70-38(3)72-61(81)97-66(8,9)10/h13-16,21-24,29-30,36,44-46,49-50,53-57,70H,3,17-20,25-28,31-35H2,1-2,4-12H3,(H,67,76)(H,68,77)(H,72,81)(H,73,75)(H,69,71,80)/t36-,45+,46+,49-,50-,53-,54-,55-,56-,57-/m1/s1. The Hall–Kier alpha value is -9.65. The molecule has 0 radical (unpaired) electrons. The molecule has 1 aliphatic carbocycles. The third-order valence-electron chi connectivity index (χ3n) is 15.5. The number of aliphatic imine (C=N–C) groups is 1. The molecule has 0 bridgehead atoms. The van der Waals surface area contributed by atoms with Crippen molar-refractivity contribution in [3.63, 3.8) is 0 Å². The summed E-state index contributed by atoms with van der Waals surface area (Å²) in [6.45, 7) is 17.3. The van der Waals surface area contributed by atoms with Gasteiger partial charge in [-0.1, -0.05) is 62.0 Å². The molecule has 530 valence electrons. The summed E-state index contributed by atoms with van der Waals surface area (Å²) in [5, 5.41) is 16.3. The minimum atomic E-state index is -1.39. The quantitative estimate of drug-likeness (QED) is 0.0201. The lowest BCUT2D eigenvalue weighted by Crippen LogP contribution is -2.64. The molecular weight excluding hydrogens is 1270 g/mol. The molecule has 6 N–H and O–H groups in total. The molecule has 2 saturated heterocycles. The first-order valence-electron chi connectivity index (χ1n) is 31.7. The van der Waals surface area contributed by atoms with E-state index in [1.807, 2.05) is 48.5 Å². The van der Waals surface area contributed by atoms with Crippen LogP contribution in [-0.2, 0) is 85.6 Å². The van der Waals surface area contributed by atoms with Crippen LogP contribution in [0.5, 0.6) is 0 Å². The van der Waals surface area contributed by atoms with Gasteiger partial charge in [0.15, 0.2) is 18.3 Å². The number of ether oxygens (including phenoxy) is 13. The van der Waals surface area contributed by atoms with Gasteiger partial charge in [-0.2, -0.15) is 0 Å². The molecule has 4 heterocycles. The SMILES string of the molecule is C=C(NC(=O)OC(C)(C)C)N[C@H]1C=C(C(=O)OC)O[C@@H]([C@H](OCC(=O)NCCCCN(CCCCNC(=O)CO[C@@H]([C@@H]2OC(C(=O)OC)=C[C@H](N=C(C)NC(=O)OC(C)(C)C)[C@H]2C)[C@H]2COC(=O)O2)C(=O)OCC2c3ccccc3-c3ccccc32)[C@H]2COC(=O)O2)[C@@H]1NC(C)=O. The monoisotopic (exact) mass is 1360 g/mol. The zero-order chi connectivity index (χ0) is 70.7. The maximum Gasteiger partial charge on any atom is 0.508 e. The maximum atomic E-state index is 14.2. The second-order valence-electron chi connectivity index (χ2n) is 25.3. The van der Waals surface area contributed by atoms with Gasteiger partial charge in [0.25, 0.3) is 0 Å². The highest BCUT2D eigenvalue weighted by molar-refractivity contribution is 5.94. The molecule has 2 aromatic carbocycles. The number of methoxy groups -OCH3 is 2. The van der Waals surface area contributed by atoms with Crippen molar-refractivity contribution < 1.29 is 110 Å². The van der Waals surface area contributed by atoms with Crippen LogP contribution in [0.15, 0.2) is 89.6 Å². The minimum Gasteiger partial charge on any atom is -0.480 e. The fourth-order valence-electron chi connectivity index (χ4n) is 11.2. The van der Waals surface area contributed by atoms with Crippen molar-refractivity contribution in [3.8, 4) is 11.1 Å². The summed E-state index contributed by atoms with van der Waals surface area (Å²) in [7, 11) is 2.27. The molecule has 31 nitrogen and oxygen atoms in total. The predicted octanol–water partition coefficient (Wildman–Crippen LogP) is 5.19. The third kappa shape index (κ3) is 21.9. The Kier molecular flexibility index (Phi) is 26.5. The van der Waals surface area contributed by atoms with E-state index in [0.717, 1.165) is 36.5 Å². The van der Waals surface area contributed by atoms with Crippen LogP contribution in [0.4, 0.5) is 24.0 Å². The number of amidine groups is 1. The normalized spacial score (nSPS) is 21.7. The summed E-state index contributed by atoms with van der Waals surface area (Å²) in [5.41, 5.74) is 2.49. The lowest BCUT2D eigenvalue weighted by Gasteiger charge is -2.41. The second-order valence-corrected chi connectivity index (χ2v) is 25.3. The van der Waals surface area contributed by atoms with E-state index in [4.69, 9.17) is 61.6 Å². The van der Waals surface area contributed by atoms with E-state index in [0.29, 0.717) is 25.7 Å². The first-order valence-corrected chi connectivity index (χ1v) is 31.7. The van der Waals surface area contributed by atoms with Crippen molar-refractivity contribution >= 4 is 66.1 Å². The summed E-state index contributed by atoms with van der Waals surface area (Å²) >= 11 is 0. The Bertz CT molecular complexity index is 3260. The number of nitrogens with zero attached hydrogens (tertiary/aromatic N) is 2. The molecule has 4 aliphatic heterocycles. The van der Waals surface area contributed by atoms with E-state index < -0.39 is 145 Å². The molecule has 7 rings (SSSR count). The number of carbonyl (C=O) groups is 10. The molecule has 6 amide bonds. The van der Waals surface area contributed by atoms with Crippen LogP contribution < -0.4 is 31.9 Å². The Morgan fingerprint density at radius 3 is 1.62 bits per heavy atom. The number of esters is 2. The summed E-state index contributed by atoms with van der Waals surface area (Å²) in [4.78, 5) is 136. The van der Waals surface area contributed by atoms with Crippen LogP contribution in [0.25, 0.3) is 11.1 Å². The number of carbonyl (C=O) groups excluding carboxylic acids is 10. The van der Waals surface area contributed by atoms with Gasteiger partial charge in [0.05, 0.1) is 32.3 Å². The maximum absolute atomic E-state index is 14.2. The van der Waals surface area contributed by atoms with Gasteiger partial charge in [-0.3, -0.25) is 30.0 Å². The van der Waals surface area contributed by atoms with Crippen molar-refractivity contribution in [3.05, 3.63) is 95.7 Å². The molecule has 0 saturated carbocycles. The van der Waals surface area contributed by atoms with Crippen LogP contribution in [-0.4, -0.2) is 210 Å². The molecule has 10 atom stereocenters. The van der Waals surface area contributed by atoms with Gasteiger partial charge in [0.1, 0.15) is 74.2 Å². The number of amides is 6. The Morgan fingerprint density at radius 2 is 1.13 bits per heavy atom. The Morgan fingerprint density at radius 1 is 0.649 bits per heavy atom. The van der Waals surface area contributed by atoms with Gasteiger partial charge in [0.2, 0.25) is 29.2 Å². The van der Waals surface area contributed by atoms with Crippen molar-refractivity contribution in [2.24, 2.45) is 10.9 Å². The molecule has 2 fully saturated rings. The van der Waals surface area contributed by atoms with Crippen LogP contribution in [0, 0.1) is 5.92 Å². The molecule has 0 unspecified atom stereocenters. The van der Waals surface area contributed by atoms with Gasteiger partial charge in [-0.15, -0.1) is 0 Å². The highest BCUT2D eigenvalue weighted by Crippen LogP contribution is 2.45. The average molecular weight is 1360 g/mol. The number of alkyl carbamates (subject to hydrolysis) is 2. The highest BCUT2D eigenvalue weighted by atomic mass is 16.8. The zero-order valence-electron chi connectivity index (χ0n) is 56.3. The van der Waals surface area contributed by atoms with E-state index in [1.165, 1.54) is 26.0 Å². The fourth-order valence-corrected chi connectivity index (χ4v) is 11.2. The Labute approximate surface area is 561 Å². The lowest BCUT2D eigenvalue weighted by atomic mass is 9.87. The fraction of sp³-hybridized carbons (Fsp3) is 0.561. The number of unbranched alkanes of at least 4 members (excludes halogenated alkanes) is 2. The average Bonchev–Trinajstić information content (AvgIpc) is 1.67. The van der Waals surface area contributed by atoms with E-state index in [2.05, 4.69) is 43.5 Å². The summed E-state index contributed by atoms with van der Waals surface area (Å²) < 4.78 is 72.2. The molecule has 97 heavy (non-hydrogen) atoms. The Balaban J connectivity index is 0.967. The van der Waals surface area contributed by atoms with Gasteiger partial charge < -0.3 is 87.7 Å². The highest BCUT2D eigenvalue weighted by Gasteiger charge is 2.50. The number of hydrogen-bond acceptors (Lipinski definition) is 25. The third-order valence-corrected chi connectivity index (χ3v) is 15.5. The second kappa shape index (κ2) is 34.3. The van der Waals surface area contributed by atoms with Crippen LogP contribution in [0.3, 0.4) is 0 Å². The summed E-state index contributed by atoms with van der Waals surface area (Å²) in [5.74, 6) is -4.90. The number of cyclic esters (lactones) is 4. The molecular formula is C66H88N8O23. The number of benzene rings is 2. The summed E-state index contributed by atoms with van der Waals surface area (Å²) in [6.07, 6.45) is -7.33. The van der Waals surface area contributed by atoms with Gasteiger partial charge in [-0.05, 0) is 109 Å². The predicted molar refractivity (Wildman–Crippen MR) is 341 cm³/mol. The number of nitrogens with one attached hydrogen (secondary N) is 6. The van der Waals surface area contributed by atoms with Crippen molar-refractivity contribution in [1.29, 1.82) is 0 Å². The van der Waals surface area contributed by atoms with E-state index >= 15 is 0 Å². The topological polar surface area (TPSA) is 378 Å². The molecule has 31 heteroatoms. The number of hydrogen-bond donors (Lipinski definition) is 6. The largest absolute Gasteiger partial charge is 0.508 e. The molecule has 5 aliphatic rings. The first-order chi connectivity index (χ1) is 46.0. The van der Waals surface area contributed by atoms with Crippen LogP contribution >= 0.6 is 0 Å². The van der Waals surface area contributed by atoms with Crippen molar-refractivity contribution in [2.75, 3.05) is 73.4 Å². The molecule has 0 aromatic heterocycles. The summed E-state index contributed by atoms with van der Waals surface area (Å²) in [6, 6.07) is 12.8. The zero-order valence-corrected chi connectivity index (χ0v) is 56.3. The molecule has 0 spiro atoms. The lowest BCUT2D eigenvalue weighted by molar-refractivity contribution is -0.156. The smallest absolute Gasteiger partial charge is 0.480 e. The van der Waals surface area contributed by atoms with Gasteiger partial charge >= 0.3 is 42.5 Å². The first kappa shape index (κ1) is 74.7. The van der Waals surface area contributed by atoms with Crippen molar-refractivity contribution in [1.82, 2.24) is 36.8 Å². The van der Waals surface area contributed by atoms with Crippen LogP contribution in [0.1, 0.15) is 105 Å². The van der Waals surface area contributed by atoms with Gasteiger partial charge in [-0.25, -0.2) is 33.6 Å². The minimum absolute atomic E-state index is 0.0507. The van der Waals surface area contributed by atoms with E-state index in [-0.39, 0.29) is 75.1 Å². The number of rotatable bonds is 29. The molecule has 2 aromatic rings. The van der Waals surface area contributed by atoms with E-state index in [9.17, 15) is 47.9 Å². The van der Waals surface area contributed by atoms with Gasteiger partial charge in [0, 0.05) is 44.9 Å². The van der Waals surface area contributed by atoms with Crippen LogP contribution in [0.2, 0.25) is 0 Å².